The maximum absolute atomic E-state index is 6.05. The molecule has 0 aliphatic rings. The number of aryl methyl sites for hydroxylation is 2. The molecule has 0 saturated carbocycles. The lowest BCUT2D eigenvalue weighted by Gasteiger charge is -2.20. The number of hydrogen-bond acceptors (Lipinski definition) is 4. The zero-order chi connectivity index (χ0) is 13.3. The predicted molar refractivity (Wildman–Crippen MR) is 73.4 cm³/mol. The standard InChI is InChI=1S/C13H18N4O/c1-9-12(14)13(17(3)15-9)16(2)10-5-7-11(18-4)8-6-10/h5-8H,14H2,1-4H3. The fraction of sp³-hybridized carbons (Fsp3) is 0.308. The Kier molecular flexibility index (Phi) is 3.14. The van der Waals surface area contributed by atoms with E-state index in [9.17, 15) is 0 Å². The number of aromatic nitrogens is 2. The first-order valence-corrected chi connectivity index (χ1v) is 5.71. The van der Waals surface area contributed by atoms with Crippen LogP contribution in [0.2, 0.25) is 0 Å². The fourth-order valence-electron chi connectivity index (χ4n) is 1.99. The topological polar surface area (TPSA) is 56.3 Å². The van der Waals surface area contributed by atoms with E-state index >= 15 is 0 Å². The van der Waals surface area contributed by atoms with Crippen LogP contribution in [0.4, 0.5) is 17.2 Å². The molecule has 0 bridgehead atoms. The molecule has 5 nitrogen and oxygen atoms in total. The van der Waals surface area contributed by atoms with E-state index < -0.39 is 0 Å². The number of nitrogens with two attached hydrogens (primary N) is 1. The quantitative estimate of drug-likeness (QED) is 0.901. The average molecular weight is 246 g/mol. The molecule has 0 aliphatic carbocycles. The van der Waals surface area contributed by atoms with Gasteiger partial charge in [0.2, 0.25) is 0 Å². The summed E-state index contributed by atoms with van der Waals surface area (Å²) >= 11 is 0. The molecule has 1 aromatic carbocycles. The third-order valence-corrected chi connectivity index (χ3v) is 3.01. The molecule has 5 heteroatoms. The molecule has 18 heavy (non-hydrogen) atoms. The van der Waals surface area contributed by atoms with Crippen molar-refractivity contribution in [3.8, 4) is 5.75 Å². The highest BCUT2D eigenvalue weighted by Gasteiger charge is 2.15. The molecule has 2 rings (SSSR count). The molecule has 1 aromatic heterocycles. The Bertz CT molecular complexity index is 545. The lowest BCUT2D eigenvalue weighted by atomic mass is 10.2. The maximum atomic E-state index is 6.05. The number of anilines is 3. The largest absolute Gasteiger partial charge is 0.497 e. The van der Waals surface area contributed by atoms with E-state index in [2.05, 4.69) is 5.10 Å². The van der Waals surface area contributed by atoms with E-state index in [-0.39, 0.29) is 0 Å². The van der Waals surface area contributed by atoms with Gasteiger partial charge in [-0.15, -0.1) is 0 Å². The SMILES string of the molecule is COc1ccc(N(C)c2c(N)c(C)nn2C)cc1. The third-order valence-electron chi connectivity index (χ3n) is 3.01. The van der Waals surface area contributed by atoms with Crippen LogP contribution in [0.5, 0.6) is 5.75 Å². The van der Waals surface area contributed by atoms with E-state index in [1.807, 2.05) is 50.2 Å². The van der Waals surface area contributed by atoms with Crippen LogP contribution in [-0.4, -0.2) is 23.9 Å². The molecule has 0 spiro atoms. The van der Waals surface area contributed by atoms with Crippen molar-refractivity contribution in [2.24, 2.45) is 7.05 Å². The maximum Gasteiger partial charge on any atom is 0.154 e. The summed E-state index contributed by atoms with van der Waals surface area (Å²) in [7, 11) is 5.51. The highest BCUT2D eigenvalue weighted by molar-refractivity contribution is 5.73. The van der Waals surface area contributed by atoms with Gasteiger partial charge in [-0.1, -0.05) is 0 Å². The van der Waals surface area contributed by atoms with Crippen LogP contribution in [-0.2, 0) is 7.05 Å². The van der Waals surface area contributed by atoms with Crippen LogP contribution in [0, 0.1) is 6.92 Å². The average Bonchev–Trinajstić information content (AvgIpc) is 2.63. The fourth-order valence-corrected chi connectivity index (χ4v) is 1.99. The number of rotatable bonds is 3. The summed E-state index contributed by atoms with van der Waals surface area (Å²) in [5, 5.41) is 4.32. The molecule has 0 radical (unpaired) electrons. The minimum atomic E-state index is 0.704. The number of ether oxygens (including phenoxy) is 1. The van der Waals surface area contributed by atoms with E-state index in [1.165, 1.54) is 0 Å². The summed E-state index contributed by atoms with van der Waals surface area (Å²) in [5.74, 6) is 1.72. The van der Waals surface area contributed by atoms with Crippen molar-refractivity contribution in [1.29, 1.82) is 0 Å². The van der Waals surface area contributed by atoms with Gasteiger partial charge in [0.25, 0.3) is 0 Å². The number of nitrogens with zero attached hydrogens (tertiary/aromatic N) is 3. The normalized spacial score (nSPS) is 10.4. The van der Waals surface area contributed by atoms with Crippen LogP contribution < -0.4 is 15.4 Å². The molecule has 2 N–H and O–H groups in total. The van der Waals surface area contributed by atoms with Crippen LogP contribution in [0.15, 0.2) is 24.3 Å². The molecule has 0 atom stereocenters. The second-order valence-electron chi connectivity index (χ2n) is 4.20. The lowest BCUT2D eigenvalue weighted by Crippen LogP contribution is -2.14. The Morgan fingerprint density at radius 2 is 1.89 bits per heavy atom. The van der Waals surface area contributed by atoms with Crippen molar-refractivity contribution in [3.63, 3.8) is 0 Å². The Morgan fingerprint density at radius 1 is 1.28 bits per heavy atom. The van der Waals surface area contributed by atoms with Crippen molar-refractivity contribution in [2.45, 2.75) is 6.92 Å². The molecular formula is C13H18N4O. The molecule has 1 heterocycles. The van der Waals surface area contributed by atoms with Gasteiger partial charge < -0.3 is 15.4 Å². The highest BCUT2D eigenvalue weighted by atomic mass is 16.5. The molecular weight excluding hydrogens is 228 g/mol. The summed E-state index contributed by atoms with van der Waals surface area (Å²) < 4.78 is 6.93. The number of hydrogen-bond donors (Lipinski definition) is 1. The van der Waals surface area contributed by atoms with Gasteiger partial charge in [-0.05, 0) is 31.2 Å². The second-order valence-corrected chi connectivity index (χ2v) is 4.20. The number of benzene rings is 1. The molecule has 2 aromatic rings. The van der Waals surface area contributed by atoms with Gasteiger partial charge in [-0.2, -0.15) is 5.10 Å². The molecule has 0 fully saturated rings. The summed E-state index contributed by atoms with van der Waals surface area (Å²) in [6.45, 7) is 1.90. The van der Waals surface area contributed by atoms with Crippen molar-refractivity contribution >= 4 is 17.2 Å². The van der Waals surface area contributed by atoms with Gasteiger partial charge in [0.15, 0.2) is 5.82 Å². The van der Waals surface area contributed by atoms with Crippen molar-refractivity contribution < 1.29 is 4.74 Å². The molecule has 96 valence electrons. The van der Waals surface area contributed by atoms with Crippen molar-refractivity contribution in [1.82, 2.24) is 9.78 Å². The number of methoxy groups -OCH3 is 1. The van der Waals surface area contributed by atoms with Gasteiger partial charge >= 0.3 is 0 Å². The molecule has 0 amide bonds. The Morgan fingerprint density at radius 3 is 2.33 bits per heavy atom. The van der Waals surface area contributed by atoms with Crippen molar-refractivity contribution in [3.05, 3.63) is 30.0 Å². The Balaban J connectivity index is 2.37. The highest BCUT2D eigenvalue weighted by Crippen LogP contribution is 2.31. The van der Waals surface area contributed by atoms with E-state index in [1.54, 1.807) is 11.8 Å². The van der Waals surface area contributed by atoms with E-state index in [4.69, 9.17) is 10.5 Å². The first-order valence-electron chi connectivity index (χ1n) is 5.71. The van der Waals surface area contributed by atoms with Gasteiger partial charge in [0, 0.05) is 19.8 Å². The monoisotopic (exact) mass is 246 g/mol. The Labute approximate surface area is 107 Å². The summed E-state index contributed by atoms with van der Waals surface area (Å²) in [5.41, 5.74) is 8.63. The minimum absolute atomic E-state index is 0.704. The van der Waals surface area contributed by atoms with Crippen LogP contribution >= 0.6 is 0 Å². The minimum Gasteiger partial charge on any atom is -0.497 e. The molecule has 0 saturated heterocycles. The molecule has 0 aliphatic heterocycles. The van der Waals surface area contributed by atoms with Gasteiger partial charge in [0.05, 0.1) is 18.5 Å². The second kappa shape index (κ2) is 4.60. The van der Waals surface area contributed by atoms with Crippen LogP contribution in [0.25, 0.3) is 0 Å². The van der Waals surface area contributed by atoms with Gasteiger partial charge in [-0.3, -0.25) is 4.68 Å². The predicted octanol–water partition coefficient (Wildman–Crippen LogP) is 2.09. The van der Waals surface area contributed by atoms with E-state index in [0.717, 1.165) is 22.9 Å². The number of nitrogen functional groups attached to an aromatic ring is 1. The third kappa shape index (κ3) is 1.99. The van der Waals surface area contributed by atoms with E-state index in [0.29, 0.717) is 5.69 Å². The summed E-state index contributed by atoms with van der Waals surface area (Å²) in [6.07, 6.45) is 0. The van der Waals surface area contributed by atoms with Gasteiger partial charge in [-0.25, -0.2) is 0 Å². The van der Waals surface area contributed by atoms with Crippen molar-refractivity contribution in [2.75, 3.05) is 24.8 Å². The summed E-state index contributed by atoms with van der Waals surface area (Å²) in [6, 6.07) is 7.82. The molecule has 0 unspecified atom stereocenters. The zero-order valence-corrected chi connectivity index (χ0v) is 11.1. The Hall–Kier alpha value is -2.17. The first-order chi connectivity index (χ1) is 8.54. The lowest BCUT2D eigenvalue weighted by molar-refractivity contribution is 0.415. The smallest absolute Gasteiger partial charge is 0.154 e. The zero-order valence-electron chi connectivity index (χ0n) is 11.1. The van der Waals surface area contributed by atoms with Gasteiger partial charge in [0.1, 0.15) is 5.75 Å². The first kappa shape index (κ1) is 12.3. The summed E-state index contributed by atoms with van der Waals surface area (Å²) in [4.78, 5) is 2.01. The van der Waals surface area contributed by atoms with Crippen LogP contribution in [0.1, 0.15) is 5.69 Å². The van der Waals surface area contributed by atoms with Crippen LogP contribution in [0.3, 0.4) is 0 Å².